The van der Waals surface area contributed by atoms with Gasteiger partial charge in [-0.3, -0.25) is 14.5 Å². The molecule has 42 heavy (non-hydrogen) atoms. The number of aromatic amines is 1. The molecule has 1 spiro atoms. The minimum Gasteiger partial charge on any atom is -0.378 e. The van der Waals surface area contributed by atoms with Gasteiger partial charge in [-0.05, 0) is 67.1 Å². The zero-order chi connectivity index (χ0) is 28.7. The first-order valence-corrected chi connectivity index (χ1v) is 15.4. The van der Waals surface area contributed by atoms with Gasteiger partial charge in [-0.2, -0.15) is 0 Å². The van der Waals surface area contributed by atoms with Crippen LogP contribution in [0.25, 0.3) is 11.0 Å². The third kappa shape index (κ3) is 3.53. The van der Waals surface area contributed by atoms with E-state index in [1.54, 1.807) is 0 Å². The lowest BCUT2D eigenvalue weighted by molar-refractivity contribution is -0.129. The first-order chi connectivity index (χ1) is 20.4. The molecule has 8 rings (SSSR count). The van der Waals surface area contributed by atoms with E-state index in [2.05, 4.69) is 44.4 Å². The summed E-state index contributed by atoms with van der Waals surface area (Å²) in [5.74, 6) is -0.272. The Morgan fingerprint density at radius 1 is 1.02 bits per heavy atom. The van der Waals surface area contributed by atoms with Crippen LogP contribution in [0.15, 0.2) is 66.7 Å². The number of Topliss-reactive ketones (excluding diaryl/α,β-unsaturated/α-hetero) is 1. The fraction of sp³-hybridized carbons (Fsp3) is 0.382. The number of ketones is 1. The van der Waals surface area contributed by atoms with Crippen LogP contribution in [-0.2, 0) is 10.3 Å². The molecule has 0 bridgehead atoms. The molecule has 2 N–H and O–H groups in total. The van der Waals surface area contributed by atoms with E-state index < -0.39 is 11.5 Å². The molecule has 214 valence electrons. The number of amides is 1. The van der Waals surface area contributed by atoms with Gasteiger partial charge in [-0.25, -0.2) is 4.98 Å². The standard InChI is InChI=1S/C34H34ClN5O2/c1-39(2)22-14-11-19(12-15-22)29-28-17-20-7-3-6-10-27(20)40(28)34(23-16-13-21(35)18-26(23)38-33(34)42)30(29)31(41)32-36-24-8-4-5-9-25(24)37-32/h4-5,8-9,11-16,18,20,27-30H,3,6-7,10,17H2,1-2H3,(H,36,37)(H,38,42)/t20?,27?,28?,29?,30?,34-/m1/s1. The van der Waals surface area contributed by atoms with E-state index in [9.17, 15) is 4.79 Å². The molecule has 6 atom stereocenters. The lowest BCUT2D eigenvalue weighted by Gasteiger charge is -2.42. The van der Waals surface area contributed by atoms with Crippen molar-refractivity contribution >= 4 is 45.7 Å². The van der Waals surface area contributed by atoms with Crippen LogP contribution in [-0.4, -0.2) is 52.7 Å². The van der Waals surface area contributed by atoms with E-state index in [-0.39, 0.29) is 29.7 Å². The molecule has 0 radical (unpaired) electrons. The molecule has 1 saturated carbocycles. The molecule has 1 aromatic heterocycles. The van der Waals surface area contributed by atoms with E-state index in [0.29, 0.717) is 22.5 Å². The number of anilines is 2. The summed E-state index contributed by atoms with van der Waals surface area (Å²) in [6.45, 7) is 0. The number of nitrogens with zero attached hydrogens (tertiary/aromatic N) is 3. The van der Waals surface area contributed by atoms with Crippen LogP contribution in [0, 0.1) is 11.8 Å². The van der Waals surface area contributed by atoms with Gasteiger partial charge in [-0.15, -0.1) is 0 Å². The molecule has 2 saturated heterocycles. The highest BCUT2D eigenvalue weighted by molar-refractivity contribution is 6.31. The predicted molar refractivity (Wildman–Crippen MR) is 165 cm³/mol. The number of nitrogens with one attached hydrogen (secondary N) is 2. The predicted octanol–water partition coefficient (Wildman–Crippen LogP) is 6.36. The van der Waals surface area contributed by atoms with Crippen molar-refractivity contribution in [2.75, 3.05) is 24.3 Å². The Morgan fingerprint density at radius 3 is 2.60 bits per heavy atom. The minimum atomic E-state index is -1.15. The largest absolute Gasteiger partial charge is 0.378 e. The van der Waals surface area contributed by atoms with Crippen molar-refractivity contribution in [2.45, 2.75) is 55.6 Å². The average Bonchev–Trinajstić information content (AvgIpc) is 3.72. The summed E-state index contributed by atoms with van der Waals surface area (Å²) in [6, 6.07) is 22.2. The maximum absolute atomic E-state index is 15.0. The molecule has 1 amide bonds. The zero-order valence-electron chi connectivity index (χ0n) is 23.8. The van der Waals surface area contributed by atoms with Gasteiger partial charge < -0.3 is 15.2 Å². The van der Waals surface area contributed by atoms with Crippen molar-refractivity contribution in [1.29, 1.82) is 0 Å². The van der Waals surface area contributed by atoms with E-state index in [1.165, 1.54) is 6.42 Å². The van der Waals surface area contributed by atoms with Gasteiger partial charge in [0, 0.05) is 54.1 Å². The van der Waals surface area contributed by atoms with Crippen LogP contribution >= 0.6 is 11.6 Å². The van der Waals surface area contributed by atoms with Crippen LogP contribution in [0.1, 0.15) is 59.8 Å². The number of imidazole rings is 1. The highest BCUT2D eigenvalue weighted by atomic mass is 35.5. The lowest BCUT2D eigenvalue weighted by atomic mass is 9.68. The number of halogens is 1. The first kappa shape index (κ1) is 26.0. The Labute approximate surface area is 250 Å². The summed E-state index contributed by atoms with van der Waals surface area (Å²) < 4.78 is 0. The summed E-state index contributed by atoms with van der Waals surface area (Å²) in [5.41, 5.74) is 4.17. The normalized spacial score (nSPS) is 29.9. The fourth-order valence-electron chi connectivity index (χ4n) is 8.82. The van der Waals surface area contributed by atoms with Crippen molar-refractivity contribution in [2.24, 2.45) is 11.8 Å². The zero-order valence-corrected chi connectivity index (χ0v) is 24.6. The second kappa shape index (κ2) is 9.41. The second-order valence-corrected chi connectivity index (χ2v) is 13.1. The van der Waals surface area contributed by atoms with E-state index >= 15 is 4.79 Å². The van der Waals surface area contributed by atoms with E-state index in [1.807, 2.05) is 56.6 Å². The maximum Gasteiger partial charge on any atom is 0.250 e. The van der Waals surface area contributed by atoms with Crippen molar-refractivity contribution < 1.29 is 9.59 Å². The number of fused-ring (bicyclic) bond motifs is 7. The van der Waals surface area contributed by atoms with Gasteiger partial charge >= 0.3 is 0 Å². The molecule has 3 aromatic carbocycles. The number of carbonyl (C=O) groups excluding carboxylic acids is 2. The molecule has 4 aliphatic rings. The summed E-state index contributed by atoms with van der Waals surface area (Å²) >= 11 is 6.44. The molecule has 4 aromatic rings. The molecular formula is C34H34ClN5O2. The highest BCUT2D eigenvalue weighted by Gasteiger charge is 2.72. The number of hydrogen-bond donors (Lipinski definition) is 2. The summed E-state index contributed by atoms with van der Waals surface area (Å²) in [5, 5.41) is 3.75. The van der Waals surface area contributed by atoms with Crippen LogP contribution in [0.5, 0.6) is 0 Å². The van der Waals surface area contributed by atoms with Crippen molar-refractivity contribution in [3.05, 3.63) is 88.7 Å². The molecule has 5 unspecified atom stereocenters. The Morgan fingerprint density at radius 2 is 1.81 bits per heavy atom. The summed E-state index contributed by atoms with van der Waals surface area (Å²) in [4.78, 5) is 42.3. The topological polar surface area (TPSA) is 81.3 Å². The summed E-state index contributed by atoms with van der Waals surface area (Å²) in [6.07, 6.45) is 5.54. The van der Waals surface area contributed by atoms with Crippen LogP contribution in [0.2, 0.25) is 5.02 Å². The van der Waals surface area contributed by atoms with E-state index in [0.717, 1.165) is 53.5 Å². The number of H-pyrrole nitrogens is 1. The van der Waals surface area contributed by atoms with Gasteiger partial charge in [0.25, 0.3) is 0 Å². The van der Waals surface area contributed by atoms with Gasteiger partial charge in [-0.1, -0.05) is 54.8 Å². The maximum atomic E-state index is 15.0. The molecular weight excluding hydrogens is 546 g/mol. The van der Waals surface area contributed by atoms with Gasteiger partial charge in [0.2, 0.25) is 11.7 Å². The monoisotopic (exact) mass is 579 g/mol. The second-order valence-electron chi connectivity index (χ2n) is 12.7. The Bertz CT molecular complexity index is 1700. The quantitative estimate of drug-likeness (QED) is 0.275. The SMILES string of the molecule is CN(C)c1ccc(C2C3CC4CCCCC4N3[C@@]3(C(=O)Nc4cc(Cl)ccc43)C2C(=O)c2nc3ccccc3[nH]2)cc1. The van der Waals surface area contributed by atoms with Gasteiger partial charge in [0.1, 0.15) is 5.54 Å². The smallest absolute Gasteiger partial charge is 0.250 e. The Kier molecular flexibility index (Phi) is 5.82. The molecule has 4 heterocycles. The highest BCUT2D eigenvalue weighted by Crippen LogP contribution is 2.64. The number of rotatable bonds is 4. The van der Waals surface area contributed by atoms with Crippen molar-refractivity contribution in [3.63, 3.8) is 0 Å². The molecule has 7 nitrogen and oxygen atoms in total. The van der Waals surface area contributed by atoms with Crippen molar-refractivity contribution in [3.8, 4) is 0 Å². The number of carbonyl (C=O) groups is 2. The molecule has 1 aliphatic carbocycles. The third-order valence-corrected chi connectivity index (χ3v) is 10.7. The number of para-hydroxylation sites is 2. The van der Waals surface area contributed by atoms with Crippen molar-refractivity contribution in [1.82, 2.24) is 14.9 Å². The third-order valence-electron chi connectivity index (χ3n) is 10.4. The Hall–Kier alpha value is -3.68. The lowest BCUT2D eigenvalue weighted by Crippen LogP contribution is -2.56. The Balaban J connectivity index is 1.38. The molecule has 8 heteroatoms. The molecule has 3 fully saturated rings. The minimum absolute atomic E-state index is 0.0500. The number of benzene rings is 3. The number of aromatic nitrogens is 2. The van der Waals surface area contributed by atoms with E-state index in [4.69, 9.17) is 16.6 Å². The first-order valence-electron chi connectivity index (χ1n) is 15.0. The van der Waals surface area contributed by atoms with Crippen LogP contribution in [0.4, 0.5) is 11.4 Å². The fourth-order valence-corrected chi connectivity index (χ4v) is 8.99. The number of hydrogen-bond acceptors (Lipinski definition) is 5. The average molecular weight is 580 g/mol. The summed E-state index contributed by atoms with van der Waals surface area (Å²) in [7, 11) is 4.06. The van der Waals surface area contributed by atoms with Crippen LogP contribution < -0.4 is 10.2 Å². The van der Waals surface area contributed by atoms with Gasteiger partial charge in [0.15, 0.2) is 5.82 Å². The molecule has 3 aliphatic heterocycles. The van der Waals surface area contributed by atoms with Crippen LogP contribution in [0.3, 0.4) is 0 Å². The van der Waals surface area contributed by atoms with Gasteiger partial charge in [0.05, 0.1) is 17.0 Å².